The van der Waals surface area contributed by atoms with Crippen molar-refractivity contribution in [3.05, 3.63) is 57.6 Å². The fourth-order valence-electron chi connectivity index (χ4n) is 5.86. The second-order valence-electron chi connectivity index (χ2n) is 11.0. The number of aromatic amines is 1. The number of benzene rings is 1. The number of thiophene rings is 1. The number of halogens is 1. The molecule has 3 aromatic rings. The first kappa shape index (κ1) is 27.7. The van der Waals surface area contributed by atoms with Crippen molar-refractivity contribution in [2.45, 2.75) is 69.8 Å². The second-order valence-corrected chi connectivity index (χ2v) is 12.6. The standard InChI is InChI=1S/C29H34ClN3O6S/c1-29(2)38-16-22(39-29)28(35)33(10-12-37-24-9-5-6-11-36-24)25-19-8-4-3-7-17(19)13-20(25)31-26(34)21-14-18-15-23(30)40-27(18)32-21/h3-4,7-8,14-15,20,22,24-25,32H,5-6,9-13,16H2,1-2H3,(H,31,34)/t20-,22-,24?,25+/m1/s1. The Hall–Kier alpha value is -2.47. The van der Waals surface area contributed by atoms with Crippen LogP contribution in [-0.4, -0.2) is 72.3 Å². The molecule has 1 aromatic carbocycles. The third kappa shape index (κ3) is 5.79. The average molecular weight is 588 g/mol. The summed E-state index contributed by atoms with van der Waals surface area (Å²) in [5.41, 5.74) is 2.56. The normalized spacial score (nSPS) is 25.7. The molecule has 1 unspecified atom stereocenters. The highest BCUT2D eigenvalue weighted by atomic mass is 35.5. The van der Waals surface area contributed by atoms with Gasteiger partial charge in [-0.05, 0) is 62.8 Å². The van der Waals surface area contributed by atoms with E-state index in [0.29, 0.717) is 36.2 Å². The van der Waals surface area contributed by atoms with Gasteiger partial charge >= 0.3 is 0 Å². The van der Waals surface area contributed by atoms with Crippen molar-refractivity contribution in [1.29, 1.82) is 0 Å². The third-order valence-corrected chi connectivity index (χ3v) is 8.91. The quantitative estimate of drug-likeness (QED) is 0.392. The monoisotopic (exact) mass is 587 g/mol. The molecule has 0 spiro atoms. The first-order valence-electron chi connectivity index (χ1n) is 13.8. The van der Waals surface area contributed by atoms with Crippen LogP contribution in [-0.2, 0) is 30.2 Å². The van der Waals surface area contributed by atoms with E-state index in [1.165, 1.54) is 11.3 Å². The molecule has 9 nitrogen and oxygen atoms in total. The summed E-state index contributed by atoms with van der Waals surface area (Å²) in [6, 6.07) is 10.9. The first-order valence-corrected chi connectivity index (χ1v) is 15.0. The van der Waals surface area contributed by atoms with Gasteiger partial charge in [-0.2, -0.15) is 0 Å². The molecule has 0 radical (unpaired) electrons. The molecule has 2 saturated heterocycles. The molecule has 214 valence electrons. The number of nitrogens with one attached hydrogen (secondary N) is 2. The molecule has 2 aromatic heterocycles. The number of hydrogen-bond acceptors (Lipinski definition) is 7. The summed E-state index contributed by atoms with van der Waals surface area (Å²) >= 11 is 7.51. The van der Waals surface area contributed by atoms with Crippen LogP contribution in [0.2, 0.25) is 4.34 Å². The minimum atomic E-state index is -0.844. The number of aromatic nitrogens is 1. The lowest BCUT2D eigenvalue weighted by molar-refractivity contribution is -0.173. The first-order chi connectivity index (χ1) is 19.3. The van der Waals surface area contributed by atoms with Gasteiger partial charge in [-0.3, -0.25) is 9.59 Å². The van der Waals surface area contributed by atoms with Crippen LogP contribution in [0.3, 0.4) is 0 Å². The minimum absolute atomic E-state index is 0.169. The summed E-state index contributed by atoms with van der Waals surface area (Å²) < 4.78 is 24.2. The topological polar surface area (TPSA) is 102 Å². The van der Waals surface area contributed by atoms with E-state index < -0.39 is 17.9 Å². The van der Waals surface area contributed by atoms with Gasteiger partial charge in [0.1, 0.15) is 10.5 Å². The Morgan fingerprint density at radius 2 is 2.10 bits per heavy atom. The SMILES string of the molecule is CC1(C)OC[C@H](C(=O)N(CCOC2CCCCO2)[C@H]2c3ccccc3C[C@H]2NC(=O)c2cc3cc(Cl)sc3[nH]2)O1. The molecule has 11 heteroatoms. The van der Waals surface area contributed by atoms with Crippen molar-refractivity contribution in [2.24, 2.45) is 0 Å². The van der Waals surface area contributed by atoms with Crippen LogP contribution in [0.5, 0.6) is 0 Å². The van der Waals surface area contributed by atoms with Gasteiger partial charge in [0, 0.05) is 18.5 Å². The summed E-state index contributed by atoms with van der Waals surface area (Å²) in [7, 11) is 0. The predicted octanol–water partition coefficient (Wildman–Crippen LogP) is 4.80. The number of carbonyl (C=O) groups excluding carboxylic acids is 2. The highest BCUT2D eigenvalue weighted by Gasteiger charge is 2.45. The molecule has 0 bridgehead atoms. The lowest BCUT2D eigenvalue weighted by Gasteiger charge is -2.36. The summed E-state index contributed by atoms with van der Waals surface area (Å²) in [4.78, 5) is 33.3. The molecule has 1 aliphatic carbocycles. The average Bonchev–Trinajstić information content (AvgIpc) is 3.68. The number of ether oxygens (including phenoxy) is 4. The number of hydrogen-bond donors (Lipinski definition) is 2. The zero-order valence-electron chi connectivity index (χ0n) is 22.6. The summed E-state index contributed by atoms with van der Waals surface area (Å²) in [5, 5.41) is 4.10. The second kappa shape index (κ2) is 11.4. The van der Waals surface area contributed by atoms with Gasteiger partial charge in [-0.15, -0.1) is 11.3 Å². The minimum Gasteiger partial charge on any atom is -0.353 e. The van der Waals surface area contributed by atoms with E-state index in [1.54, 1.807) is 24.8 Å². The van der Waals surface area contributed by atoms with Crippen molar-refractivity contribution in [3.8, 4) is 0 Å². The van der Waals surface area contributed by atoms with Crippen LogP contribution >= 0.6 is 22.9 Å². The number of amides is 2. The van der Waals surface area contributed by atoms with E-state index >= 15 is 0 Å². The van der Waals surface area contributed by atoms with Crippen molar-refractivity contribution in [3.63, 3.8) is 0 Å². The largest absolute Gasteiger partial charge is 0.353 e. The third-order valence-electron chi connectivity index (χ3n) is 7.71. The van der Waals surface area contributed by atoms with Crippen LogP contribution in [0.4, 0.5) is 0 Å². The fraction of sp³-hybridized carbons (Fsp3) is 0.517. The molecular formula is C29H34ClN3O6S. The fourth-order valence-corrected chi connectivity index (χ4v) is 6.98. The maximum Gasteiger partial charge on any atom is 0.268 e. The molecule has 0 saturated carbocycles. The Labute approximate surface area is 242 Å². The molecule has 4 atom stereocenters. The lowest BCUT2D eigenvalue weighted by Crippen LogP contribution is -2.51. The Morgan fingerprint density at radius 3 is 2.85 bits per heavy atom. The Kier molecular flexibility index (Phi) is 7.91. The molecule has 2 amide bonds. The highest BCUT2D eigenvalue weighted by Crippen LogP contribution is 2.38. The van der Waals surface area contributed by atoms with Gasteiger partial charge in [-0.1, -0.05) is 35.9 Å². The van der Waals surface area contributed by atoms with E-state index in [9.17, 15) is 9.59 Å². The van der Waals surface area contributed by atoms with Gasteiger partial charge in [0.2, 0.25) is 0 Å². The highest BCUT2D eigenvalue weighted by molar-refractivity contribution is 7.22. The zero-order valence-corrected chi connectivity index (χ0v) is 24.2. The van der Waals surface area contributed by atoms with Gasteiger partial charge in [0.05, 0.1) is 29.6 Å². The van der Waals surface area contributed by atoms with Crippen molar-refractivity contribution >= 4 is 45.0 Å². The van der Waals surface area contributed by atoms with E-state index in [0.717, 1.165) is 40.6 Å². The van der Waals surface area contributed by atoms with E-state index in [2.05, 4.69) is 16.4 Å². The van der Waals surface area contributed by atoms with E-state index in [-0.39, 0.29) is 30.8 Å². The van der Waals surface area contributed by atoms with Crippen molar-refractivity contribution < 1.29 is 28.5 Å². The van der Waals surface area contributed by atoms with Gasteiger partial charge < -0.3 is 34.1 Å². The molecule has 4 heterocycles. The van der Waals surface area contributed by atoms with E-state index in [4.69, 9.17) is 30.5 Å². The number of H-pyrrole nitrogens is 1. The Morgan fingerprint density at radius 1 is 1.25 bits per heavy atom. The zero-order chi connectivity index (χ0) is 27.9. The molecule has 40 heavy (non-hydrogen) atoms. The number of rotatable bonds is 8. The summed E-state index contributed by atoms with van der Waals surface area (Å²) in [6.07, 6.45) is 2.51. The Balaban J connectivity index is 1.26. The number of fused-ring (bicyclic) bond motifs is 2. The van der Waals surface area contributed by atoms with Crippen molar-refractivity contribution in [2.75, 3.05) is 26.4 Å². The molecule has 3 aliphatic rings. The maximum absolute atomic E-state index is 14.0. The van der Waals surface area contributed by atoms with Gasteiger partial charge in [-0.25, -0.2) is 0 Å². The maximum atomic E-state index is 14.0. The predicted molar refractivity (Wildman–Crippen MR) is 151 cm³/mol. The smallest absolute Gasteiger partial charge is 0.268 e. The lowest BCUT2D eigenvalue weighted by atomic mass is 10.0. The van der Waals surface area contributed by atoms with Gasteiger partial charge in [0.15, 0.2) is 18.2 Å². The Bertz CT molecular complexity index is 1350. The van der Waals surface area contributed by atoms with Crippen molar-refractivity contribution in [1.82, 2.24) is 15.2 Å². The van der Waals surface area contributed by atoms with Gasteiger partial charge in [0.25, 0.3) is 11.8 Å². The van der Waals surface area contributed by atoms with Crippen LogP contribution in [0.15, 0.2) is 36.4 Å². The van der Waals surface area contributed by atoms with Crippen LogP contribution < -0.4 is 5.32 Å². The molecule has 6 rings (SSSR count). The van der Waals surface area contributed by atoms with Crippen LogP contribution in [0.25, 0.3) is 10.2 Å². The summed E-state index contributed by atoms with van der Waals surface area (Å²) in [6.45, 7) is 5.08. The summed E-state index contributed by atoms with van der Waals surface area (Å²) in [5.74, 6) is -1.26. The molecular weight excluding hydrogens is 554 g/mol. The molecule has 2 aliphatic heterocycles. The number of nitrogens with zero attached hydrogens (tertiary/aromatic N) is 1. The number of carbonyl (C=O) groups is 2. The molecule has 2 fully saturated rings. The van der Waals surface area contributed by atoms with Crippen LogP contribution in [0.1, 0.15) is 60.8 Å². The van der Waals surface area contributed by atoms with E-state index in [1.807, 2.05) is 24.3 Å². The molecule has 2 N–H and O–H groups in total. The van der Waals surface area contributed by atoms with Crippen LogP contribution in [0, 0.1) is 0 Å².